The molecule has 4 heteroatoms. The maximum atomic E-state index is 14.0. The molecule has 0 radical (unpaired) electrons. The van der Waals surface area contributed by atoms with Gasteiger partial charge in [0, 0.05) is 25.3 Å². The van der Waals surface area contributed by atoms with Crippen molar-refractivity contribution >= 4 is 23.1 Å². The second-order valence-electron chi connectivity index (χ2n) is 4.64. The van der Waals surface area contributed by atoms with E-state index in [2.05, 4.69) is 11.6 Å². The fraction of sp³-hybridized carbons (Fsp3) is 0.571. The van der Waals surface area contributed by atoms with Gasteiger partial charge in [-0.1, -0.05) is 0 Å². The number of halogens is 1. The van der Waals surface area contributed by atoms with Gasteiger partial charge >= 0.3 is 0 Å². The minimum absolute atomic E-state index is 0.166. The summed E-state index contributed by atoms with van der Waals surface area (Å²) >= 11 is 1.83. The highest BCUT2D eigenvalue weighted by Gasteiger charge is 2.10. The van der Waals surface area contributed by atoms with Crippen LogP contribution in [0.25, 0.3) is 0 Å². The van der Waals surface area contributed by atoms with E-state index in [-0.39, 0.29) is 5.82 Å². The zero-order chi connectivity index (χ0) is 13.5. The predicted molar refractivity (Wildman–Crippen MR) is 81.4 cm³/mol. The van der Waals surface area contributed by atoms with Crippen LogP contribution in [0.3, 0.4) is 0 Å². The molecular weight excluding hydrogens is 247 g/mol. The van der Waals surface area contributed by atoms with Crippen molar-refractivity contribution in [3.63, 3.8) is 0 Å². The lowest BCUT2D eigenvalue weighted by Gasteiger charge is -2.24. The zero-order valence-corrected chi connectivity index (χ0v) is 12.5. The Morgan fingerprint density at radius 2 is 2.11 bits per heavy atom. The van der Waals surface area contributed by atoms with Crippen LogP contribution in [-0.4, -0.2) is 31.6 Å². The first-order valence-corrected chi connectivity index (χ1v) is 7.71. The van der Waals surface area contributed by atoms with E-state index < -0.39 is 0 Å². The fourth-order valence-electron chi connectivity index (χ4n) is 1.63. The Hall–Kier alpha value is -0.900. The maximum Gasteiger partial charge on any atom is 0.148 e. The highest BCUT2D eigenvalue weighted by atomic mass is 32.2. The Bertz CT molecular complexity index is 369. The molecule has 1 N–H and O–H groups in total. The van der Waals surface area contributed by atoms with Gasteiger partial charge in [0.1, 0.15) is 5.82 Å². The number of hydrogen-bond donors (Lipinski definition) is 1. The lowest BCUT2D eigenvalue weighted by molar-refractivity contribution is 0.614. The Morgan fingerprint density at radius 3 is 2.67 bits per heavy atom. The SMILES string of the molecule is CSCCCNc1ccc(N(C)C(C)C)c(F)c1. The van der Waals surface area contributed by atoms with E-state index in [1.54, 1.807) is 6.07 Å². The largest absolute Gasteiger partial charge is 0.385 e. The summed E-state index contributed by atoms with van der Waals surface area (Å²) < 4.78 is 14.0. The topological polar surface area (TPSA) is 15.3 Å². The highest BCUT2D eigenvalue weighted by Crippen LogP contribution is 2.23. The molecule has 0 aromatic heterocycles. The number of anilines is 2. The molecule has 0 saturated carbocycles. The summed E-state index contributed by atoms with van der Waals surface area (Å²) in [5, 5.41) is 3.24. The molecule has 102 valence electrons. The van der Waals surface area contributed by atoms with Crippen LogP contribution in [0.4, 0.5) is 15.8 Å². The third kappa shape index (κ3) is 4.41. The van der Waals surface area contributed by atoms with Gasteiger partial charge in [-0.2, -0.15) is 11.8 Å². The van der Waals surface area contributed by atoms with E-state index in [1.807, 2.05) is 49.7 Å². The monoisotopic (exact) mass is 270 g/mol. The van der Waals surface area contributed by atoms with Gasteiger partial charge in [0.2, 0.25) is 0 Å². The number of nitrogens with zero attached hydrogens (tertiary/aromatic N) is 1. The molecule has 1 rings (SSSR count). The second kappa shape index (κ2) is 7.52. The second-order valence-corrected chi connectivity index (χ2v) is 5.63. The molecule has 18 heavy (non-hydrogen) atoms. The van der Waals surface area contributed by atoms with Gasteiger partial charge in [-0.05, 0) is 50.5 Å². The molecule has 0 heterocycles. The van der Waals surface area contributed by atoms with Crippen LogP contribution in [0.15, 0.2) is 18.2 Å². The highest BCUT2D eigenvalue weighted by molar-refractivity contribution is 7.98. The Labute approximate surface area is 114 Å². The molecule has 0 aliphatic rings. The molecule has 0 unspecified atom stereocenters. The molecule has 0 fully saturated rings. The Balaban J connectivity index is 2.62. The zero-order valence-electron chi connectivity index (χ0n) is 11.7. The molecule has 0 aliphatic carbocycles. The van der Waals surface area contributed by atoms with Gasteiger partial charge in [-0.25, -0.2) is 4.39 Å². The molecule has 0 atom stereocenters. The third-order valence-corrected chi connectivity index (χ3v) is 3.65. The number of benzene rings is 1. The summed E-state index contributed by atoms with van der Waals surface area (Å²) in [4.78, 5) is 1.94. The van der Waals surface area contributed by atoms with E-state index in [4.69, 9.17) is 0 Å². The van der Waals surface area contributed by atoms with Crippen molar-refractivity contribution in [2.75, 3.05) is 35.8 Å². The maximum absolute atomic E-state index is 14.0. The summed E-state index contributed by atoms with van der Waals surface area (Å²) in [6.45, 7) is 4.99. The van der Waals surface area contributed by atoms with Crippen LogP contribution < -0.4 is 10.2 Å². The van der Waals surface area contributed by atoms with Crippen molar-refractivity contribution in [3.05, 3.63) is 24.0 Å². The Morgan fingerprint density at radius 1 is 1.39 bits per heavy atom. The number of hydrogen-bond acceptors (Lipinski definition) is 3. The van der Waals surface area contributed by atoms with Crippen LogP contribution in [0, 0.1) is 5.82 Å². The van der Waals surface area contributed by atoms with Gasteiger partial charge in [-0.3, -0.25) is 0 Å². The first-order valence-electron chi connectivity index (χ1n) is 6.31. The summed E-state index contributed by atoms with van der Waals surface area (Å²) in [6.07, 6.45) is 3.19. The molecule has 1 aromatic carbocycles. The lowest BCUT2D eigenvalue weighted by atomic mass is 10.2. The van der Waals surface area contributed by atoms with Crippen LogP contribution in [0.5, 0.6) is 0 Å². The van der Waals surface area contributed by atoms with Gasteiger partial charge in [0.25, 0.3) is 0 Å². The molecule has 0 saturated heterocycles. The Kier molecular flexibility index (Phi) is 6.33. The number of thioether (sulfide) groups is 1. The van der Waals surface area contributed by atoms with E-state index in [1.165, 1.54) is 0 Å². The van der Waals surface area contributed by atoms with Crippen LogP contribution in [-0.2, 0) is 0 Å². The predicted octanol–water partition coefficient (Wildman–Crippen LogP) is 3.84. The summed E-state index contributed by atoms with van der Waals surface area (Å²) in [5.41, 5.74) is 1.51. The molecule has 0 amide bonds. The van der Waals surface area contributed by atoms with E-state index >= 15 is 0 Å². The van der Waals surface area contributed by atoms with Gasteiger partial charge in [-0.15, -0.1) is 0 Å². The van der Waals surface area contributed by atoms with E-state index in [9.17, 15) is 4.39 Å². The molecule has 1 aromatic rings. The number of nitrogens with one attached hydrogen (secondary N) is 1. The lowest BCUT2D eigenvalue weighted by Crippen LogP contribution is -2.26. The average Bonchev–Trinajstić information content (AvgIpc) is 2.34. The van der Waals surface area contributed by atoms with E-state index in [0.717, 1.165) is 24.4 Å². The van der Waals surface area contributed by atoms with Crippen LogP contribution in [0.1, 0.15) is 20.3 Å². The molecule has 0 bridgehead atoms. The average molecular weight is 270 g/mol. The minimum Gasteiger partial charge on any atom is -0.385 e. The van der Waals surface area contributed by atoms with Gasteiger partial charge < -0.3 is 10.2 Å². The van der Waals surface area contributed by atoms with Crippen molar-refractivity contribution in [2.45, 2.75) is 26.3 Å². The normalized spacial score (nSPS) is 10.8. The van der Waals surface area contributed by atoms with Crippen LogP contribution in [0.2, 0.25) is 0 Å². The van der Waals surface area contributed by atoms with Crippen molar-refractivity contribution < 1.29 is 4.39 Å². The fourth-order valence-corrected chi connectivity index (χ4v) is 2.06. The van der Waals surface area contributed by atoms with Gasteiger partial charge in [0.15, 0.2) is 0 Å². The van der Waals surface area contributed by atoms with Crippen molar-refractivity contribution in [3.8, 4) is 0 Å². The first-order chi connectivity index (χ1) is 8.56. The standard InChI is InChI=1S/C14H23FN2S/c1-11(2)17(3)14-7-6-12(10-13(14)15)16-8-5-9-18-4/h6-7,10-11,16H,5,8-9H2,1-4H3. The third-order valence-electron chi connectivity index (χ3n) is 2.96. The quantitative estimate of drug-likeness (QED) is 0.758. The van der Waals surface area contributed by atoms with E-state index in [0.29, 0.717) is 11.7 Å². The van der Waals surface area contributed by atoms with Crippen molar-refractivity contribution in [1.82, 2.24) is 0 Å². The molecule has 0 aliphatic heterocycles. The molecular formula is C14H23FN2S. The first kappa shape index (κ1) is 15.2. The smallest absolute Gasteiger partial charge is 0.148 e. The molecule has 0 spiro atoms. The van der Waals surface area contributed by atoms with Crippen molar-refractivity contribution in [1.29, 1.82) is 0 Å². The van der Waals surface area contributed by atoms with Gasteiger partial charge in [0.05, 0.1) is 5.69 Å². The summed E-state index contributed by atoms with van der Waals surface area (Å²) in [6, 6.07) is 5.65. The van der Waals surface area contributed by atoms with Crippen LogP contribution >= 0.6 is 11.8 Å². The summed E-state index contributed by atoms with van der Waals surface area (Å²) in [7, 11) is 1.91. The number of rotatable bonds is 7. The molecule has 2 nitrogen and oxygen atoms in total. The van der Waals surface area contributed by atoms with Crippen molar-refractivity contribution in [2.24, 2.45) is 0 Å². The summed E-state index contributed by atoms with van der Waals surface area (Å²) in [5.74, 6) is 0.963. The minimum atomic E-state index is -0.166.